The maximum absolute atomic E-state index is 11.6. The summed E-state index contributed by atoms with van der Waals surface area (Å²) in [5, 5.41) is 2.51. The molecule has 0 saturated carbocycles. The van der Waals surface area contributed by atoms with Crippen LogP contribution in [0.4, 0.5) is 0 Å². The van der Waals surface area contributed by atoms with Crippen molar-refractivity contribution in [1.82, 2.24) is 5.32 Å². The molecule has 4 nitrogen and oxygen atoms in total. The second-order valence-corrected chi connectivity index (χ2v) is 5.88. The zero-order chi connectivity index (χ0) is 14.4. The van der Waals surface area contributed by atoms with Gasteiger partial charge < -0.3 is 10.1 Å². The summed E-state index contributed by atoms with van der Waals surface area (Å²) in [7, 11) is 1.29. The molecule has 0 bridgehead atoms. The van der Waals surface area contributed by atoms with Gasteiger partial charge in [0.15, 0.2) is 0 Å². The van der Waals surface area contributed by atoms with Crippen molar-refractivity contribution in [3.63, 3.8) is 0 Å². The van der Waals surface area contributed by atoms with Crippen molar-refractivity contribution < 1.29 is 14.3 Å². The molecule has 0 heterocycles. The lowest BCUT2D eigenvalue weighted by atomic mass is 10.2. The van der Waals surface area contributed by atoms with Crippen LogP contribution in [-0.2, 0) is 14.3 Å². The van der Waals surface area contributed by atoms with Gasteiger partial charge in [0.1, 0.15) is 6.54 Å². The molecule has 0 aliphatic heterocycles. The first-order valence-electron chi connectivity index (χ1n) is 5.67. The van der Waals surface area contributed by atoms with Crippen LogP contribution in [0.15, 0.2) is 21.5 Å². The highest BCUT2D eigenvalue weighted by Gasteiger charge is 2.08. The third-order valence-corrected chi connectivity index (χ3v) is 4.48. The summed E-state index contributed by atoms with van der Waals surface area (Å²) in [6.07, 6.45) is 0. The lowest BCUT2D eigenvalue weighted by Crippen LogP contribution is -2.31. The van der Waals surface area contributed by atoms with Gasteiger partial charge in [0, 0.05) is 9.37 Å². The van der Waals surface area contributed by atoms with Gasteiger partial charge in [-0.05, 0) is 37.1 Å². The van der Waals surface area contributed by atoms with Crippen LogP contribution in [-0.4, -0.2) is 31.3 Å². The van der Waals surface area contributed by atoms with Crippen molar-refractivity contribution in [3.05, 3.63) is 27.7 Å². The number of hydrogen-bond donors (Lipinski definition) is 1. The fourth-order valence-corrected chi connectivity index (χ4v) is 2.74. The third-order valence-electron chi connectivity index (χ3n) is 2.47. The fourth-order valence-electron chi connectivity index (χ4n) is 1.35. The summed E-state index contributed by atoms with van der Waals surface area (Å²) in [5.74, 6) is -0.358. The Balaban J connectivity index is 2.51. The second kappa shape index (κ2) is 7.55. The third kappa shape index (κ3) is 5.24. The molecule has 0 aliphatic carbocycles. The molecule has 6 heteroatoms. The van der Waals surface area contributed by atoms with Crippen LogP contribution in [0, 0.1) is 13.8 Å². The Morgan fingerprint density at radius 1 is 1.32 bits per heavy atom. The molecule has 0 unspecified atom stereocenters. The van der Waals surface area contributed by atoms with Crippen LogP contribution in [0.1, 0.15) is 11.1 Å². The molecule has 0 saturated heterocycles. The zero-order valence-corrected chi connectivity index (χ0v) is 13.5. The van der Waals surface area contributed by atoms with E-state index in [2.05, 4.69) is 26.0 Å². The molecular weight excluding hydrogens is 330 g/mol. The van der Waals surface area contributed by atoms with E-state index >= 15 is 0 Å². The predicted octanol–water partition coefficient (Wildman–Crippen LogP) is 2.45. The topological polar surface area (TPSA) is 55.4 Å². The first kappa shape index (κ1) is 16.0. The number of aryl methyl sites for hydroxylation is 2. The summed E-state index contributed by atoms with van der Waals surface area (Å²) < 4.78 is 5.51. The molecule has 104 valence electrons. The number of carbonyl (C=O) groups excluding carboxylic acids is 2. The minimum absolute atomic E-state index is 0.0890. The normalized spacial score (nSPS) is 10.1. The van der Waals surface area contributed by atoms with Gasteiger partial charge in [-0.15, -0.1) is 11.8 Å². The van der Waals surface area contributed by atoms with Crippen molar-refractivity contribution in [3.8, 4) is 0 Å². The second-order valence-electron chi connectivity index (χ2n) is 4.01. The van der Waals surface area contributed by atoms with Gasteiger partial charge in [-0.2, -0.15) is 0 Å². The molecule has 1 aromatic rings. The molecular formula is C13H16BrNO3S. The number of hydrogen-bond acceptors (Lipinski definition) is 4. The van der Waals surface area contributed by atoms with Crippen LogP contribution < -0.4 is 5.32 Å². The summed E-state index contributed by atoms with van der Waals surface area (Å²) in [6, 6.07) is 4.07. The lowest BCUT2D eigenvalue weighted by molar-refractivity contribution is -0.140. The van der Waals surface area contributed by atoms with E-state index in [4.69, 9.17) is 0 Å². The van der Waals surface area contributed by atoms with E-state index in [9.17, 15) is 9.59 Å². The average molecular weight is 346 g/mol. The first-order chi connectivity index (χ1) is 8.93. The zero-order valence-electron chi connectivity index (χ0n) is 11.1. The SMILES string of the molecule is COC(=O)CNC(=O)CSc1cc(C)c(Br)cc1C. The number of methoxy groups -OCH3 is 1. The summed E-state index contributed by atoms with van der Waals surface area (Å²) in [4.78, 5) is 23.5. The summed E-state index contributed by atoms with van der Waals surface area (Å²) in [6.45, 7) is 3.91. The Morgan fingerprint density at radius 3 is 2.63 bits per heavy atom. The quantitative estimate of drug-likeness (QED) is 0.657. The highest BCUT2D eigenvalue weighted by molar-refractivity contribution is 9.10. The lowest BCUT2D eigenvalue weighted by Gasteiger charge is -2.08. The number of ether oxygens (including phenoxy) is 1. The molecule has 1 aromatic carbocycles. The van der Waals surface area contributed by atoms with E-state index in [1.54, 1.807) is 0 Å². The van der Waals surface area contributed by atoms with Gasteiger partial charge in [-0.1, -0.05) is 15.9 Å². The molecule has 0 fully saturated rings. The highest BCUT2D eigenvalue weighted by Crippen LogP contribution is 2.28. The van der Waals surface area contributed by atoms with Crippen molar-refractivity contribution in [2.75, 3.05) is 19.4 Å². The van der Waals surface area contributed by atoms with Crippen molar-refractivity contribution in [1.29, 1.82) is 0 Å². The summed E-state index contributed by atoms with van der Waals surface area (Å²) in [5.41, 5.74) is 2.24. The van der Waals surface area contributed by atoms with Crippen molar-refractivity contribution in [2.45, 2.75) is 18.7 Å². The van der Waals surface area contributed by atoms with E-state index in [1.165, 1.54) is 18.9 Å². The van der Waals surface area contributed by atoms with Gasteiger partial charge in [-0.3, -0.25) is 9.59 Å². The molecule has 0 spiro atoms. The van der Waals surface area contributed by atoms with Crippen molar-refractivity contribution >= 4 is 39.6 Å². The van der Waals surface area contributed by atoms with E-state index in [-0.39, 0.29) is 18.2 Å². The van der Waals surface area contributed by atoms with Crippen LogP contribution in [0.5, 0.6) is 0 Å². The predicted molar refractivity (Wildman–Crippen MR) is 79.4 cm³/mol. The molecule has 0 aromatic heterocycles. The largest absolute Gasteiger partial charge is 0.468 e. The first-order valence-corrected chi connectivity index (χ1v) is 7.45. The molecule has 0 aliphatic rings. The smallest absolute Gasteiger partial charge is 0.325 e. The number of nitrogens with one attached hydrogen (secondary N) is 1. The van der Waals surface area contributed by atoms with Gasteiger partial charge in [0.2, 0.25) is 5.91 Å². The Bertz CT molecular complexity index is 491. The van der Waals surface area contributed by atoms with Gasteiger partial charge in [0.25, 0.3) is 0 Å². The van der Waals surface area contributed by atoms with Gasteiger partial charge in [-0.25, -0.2) is 0 Å². The Hall–Kier alpha value is -1.01. The summed E-state index contributed by atoms with van der Waals surface area (Å²) >= 11 is 4.92. The molecule has 1 amide bonds. The Kier molecular flexibility index (Phi) is 6.37. The molecule has 0 atom stereocenters. The number of halogens is 1. The van der Waals surface area contributed by atoms with E-state index < -0.39 is 5.97 Å². The molecule has 1 rings (SSSR count). The number of benzene rings is 1. The van der Waals surface area contributed by atoms with E-state index in [0.29, 0.717) is 0 Å². The number of esters is 1. The number of thioether (sulfide) groups is 1. The number of rotatable bonds is 5. The highest BCUT2D eigenvalue weighted by atomic mass is 79.9. The fraction of sp³-hybridized carbons (Fsp3) is 0.385. The van der Waals surface area contributed by atoms with E-state index in [1.807, 2.05) is 26.0 Å². The average Bonchev–Trinajstić information content (AvgIpc) is 2.38. The van der Waals surface area contributed by atoms with Gasteiger partial charge >= 0.3 is 5.97 Å². The number of amides is 1. The standard InChI is InChI=1S/C13H16BrNO3S/c1-8-5-11(9(2)4-10(8)14)19-7-12(16)15-6-13(17)18-3/h4-5H,6-7H2,1-3H3,(H,15,16). The monoisotopic (exact) mass is 345 g/mol. The van der Waals surface area contributed by atoms with Crippen LogP contribution in [0.3, 0.4) is 0 Å². The molecule has 1 N–H and O–H groups in total. The maximum atomic E-state index is 11.6. The van der Waals surface area contributed by atoms with Crippen molar-refractivity contribution in [2.24, 2.45) is 0 Å². The number of carbonyl (C=O) groups is 2. The molecule has 0 radical (unpaired) electrons. The van der Waals surface area contributed by atoms with Crippen LogP contribution in [0.2, 0.25) is 0 Å². The Labute approximate surface area is 125 Å². The maximum Gasteiger partial charge on any atom is 0.325 e. The van der Waals surface area contributed by atoms with Crippen LogP contribution in [0.25, 0.3) is 0 Å². The minimum Gasteiger partial charge on any atom is -0.468 e. The van der Waals surface area contributed by atoms with E-state index in [0.717, 1.165) is 20.5 Å². The Morgan fingerprint density at radius 2 is 2.00 bits per heavy atom. The van der Waals surface area contributed by atoms with Gasteiger partial charge in [0.05, 0.1) is 12.9 Å². The minimum atomic E-state index is -0.450. The molecule has 19 heavy (non-hydrogen) atoms. The van der Waals surface area contributed by atoms with Crippen LogP contribution >= 0.6 is 27.7 Å².